The van der Waals surface area contributed by atoms with Gasteiger partial charge in [-0.1, -0.05) is 6.07 Å². The van der Waals surface area contributed by atoms with Crippen molar-refractivity contribution < 1.29 is 18.5 Å². The lowest BCUT2D eigenvalue weighted by Gasteiger charge is -2.05. The van der Waals surface area contributed by atoms with Crippen molar-refractivity contribution in [1.29, 1.82) is 0 Å². The molecular formula is C8H12FN2O2S+. The van der Waals surface area contributed by atoms with Crippen LogP contribution in [0.3, 0.4) is 0 Å². The standard InChI is InChI=1S/C8H11FN2O2S/c1-14(12,13)11-8-3-2-6(5-10)4-7(8)9/h2-4,11H,5,10H2,1H3/p+1. The molecule has 0 spiro atoms. The summed E-state index contributed by atoms with van der Waals surface area (Å²) in [6.45, 7) is 0.468. The lowest BCUT2D eigenvalue weighted by Crippen LogP contribution is -2.47. The van der Waals surface area contributed by atoms with Crippen molar-refractivity contribution in [1.82, 2.24) is 0 Å². The largest absolute Gasteiger partial charge is 0.354 e. The number of sulfonamides is 1. The fraction of sp³-hybridized carbons (Fsp3) is 0.250. The van der Waals surface area contributed by atoms with Gasteiger partial charge in [-0.05, 0) is 12.1 Å². The van der Waals surface area contributed by atoms with E-state index in [0.29, 0.717) is 6.54 Å². The molecule has 0 radical (unpaired) electrons. The molecule has 0 amide bonds. The van der Waals surface area contributed by atoms with Gasteiger partial charge in [-0.25, -0.2) is 12.8 Å². The third-order valence-electron chi connectivity index (χ3n) is 1.62. The molecule has 6 heteroatoms. The average molecular weight is 219 g/mol. The van der Waals surface area contributed by atoms with Crippen LogP contribution in [-0.4, -0.2) is 14.7 Å². The van der Waals surface area contributed by atoms with E-state index in [2.05, 4.69) is 10.5 Å². The third-order valence-corrected chi connectivity index (χ3v) is 2.21. The van der Waals surface area contributed by atoms with E-state index in [0.717, 1.165) is 11.8 Å². The van der Waals surface area contributed by atoms with Gasteiger partial charge in [-0.2, -0.15) is 0 Å². The van der Waals surface area contributed by atoms with Crippen LogP contribution in [0.1, 0.15) is 5.56 Å². The second kappa shape index (κ2) is 3.93. The van der Waals surface area contributed by atoms with Crippen LogP contribution in [0.5, 0.6) is 0 Å². The highest BCUT2D eigenvalue weighted by molar-refractivity contribution is 7.92. The van der Waals surface area contributed by atoms with Crippen LogP contribution >= 0.6 is 0 Å². The summed E-state index contributed by atoms with van der Waals surface area (Å²) in [6, 6.07) is 4.28. The second-order valence-electron chi connectivity index (χ2n) is 2.94. The molecule has 1 rings (SSSR count). The Kier molecular flexibility index (Phi) is 3.07. The number of nitrogens with one attached hydrogen (secondary N) is 1. The molecule has 4 nitrogen and oxygen atoms in total. The van der Waals surface area contributed by atoms with Crippen LogP contribution in [0.2, 0.25) is 0 Å². The molecule has 0 saturated carbocycles. The molecule has 0 aromatic heterocycles. The number of anilines is 1. The molecule has 0 aliphatic carbocycles. The van der Waals surface area contributed by atoms with Gasteiger partial charge in [-0.3, -0.25) is 4.72 Å². The van der Waals surface area contributed by atoms with Crippen molar-refractivity contribution in [3.05, 3.63) is 29.6 Å². The maximum absolute atomic E-state index is 13.2. The number of hydrogen-bond donors (Lipinski definition) is 2. The predicted molar refractivity (Wildman–Crippen MR) is 51.5 cm³/mol. The summed E-state index contributed by atoms with van der Waals surface area (Å²) in [5, 5.41) is 0. The first-order valence-corrected chi connectivity index (χ1v) is 5.87. The van der Waals surface area contributed by atoms with Crippen molar-refractivity contribution in [3.63, 3.8) is 0 Å². The van der Waals surface area contributed by atoms with Crippen molar-refractivity contribution in [2.75, 3.05) is 11.0 Å². The van der Waals surface area contributed by atoms with Gasteiger partial charge < -0.3 is 5.73 Å². The summed E-state index contributed by atoms with van der Waals surface area (Å²) in [6.07, 6.45) is 0.974. The first-order valence-electron chi connectivity index (χ1n) is 3.98. The van der Waals surface area contributed by atoms with Crippen molar-refractivity contribution >= 4 is 15.7 Å². The highest BCUT2D eigenvalue weighted by Crippen LogP contribution is 2.16. The van der Waals surface area contributed by atoms with E-state index in [1.165, 1.54) is 12.1 Å². The lowest BCUT2D eigenvalue weighted by atomic mass is 10.2. The van der Waals surface area contributed by atoms with E-state index >= 15 is 0 Å². The normalized spacial score (nSPS) is 11.4. The smallest absolute Gasteiger partial charge is 0.229 e. The predicted octanol–water partition coefficient (Wildman–Crippen LogP) is -0.0609. The van der Waals surface area contributed by atoms with Crippen LogP contribution in [-0.2, 0) is 16.6 Å². The zero-order valence-electron chi connectivity index (χ0n) is 7.75. The molecule has 78 valence electrons. The van der Waals surface area contributed by atoms with E-state index < -0.39 is 15.8 Å². The van der Waals surface area contributed by atoms with Crippen LogP contribution < -0.4 is 10.5 Å². The molecule has 1 aromatic rings. The topological polar surface area (TPSA) is 73.8 Å². The zero-order valence-corrected chi connectivity index (χ0v) is 8.57. The molecule has 14 heavy (non-hydrogen) atoms. The first kappa shape index (κ1) is 10.9. The van der Waals surface area contributed by atoms with E-state index in [1.54, 1.807) is 6.07 Å². The molecule has 0 atom stereocenters. The quantitative estimate of drug-likeness (QED) is 0.747. The summed E-state index contributed by atoms with van der Waals surface area (Å²) in [5.41, 5.74) is 4.28. The number of rotatable bonds is 3. The number of quaternary nitrogens is 1. The Hall–Kier alpha value is -1.14. The summed E-state index contributed by atoms with van der Waals surface area (Å²) >= 11 is 0. The van der Waals surface area contributed by atoms with E-state index in [4.69, 9.17) is 0 Å². The highest BCUT2D eigenvalue weighted by Gasteiger charge is 2.07. The Morgan fingerprint density at radius 1 is 1.50 bits per heavy atom. The fourth-order valence-electron chi connectivity index (χ4n) is 0.997. The van der Waals surface area contributed by atoms with Gasteiger partial charge in [0.25, 0.3) is 0 Å². The van der Waals surface area contributed by atoms with Gasteiger partial charge in [0.05, 0.1) is 18.5 Å². The molecule has 0 unspecified atom stereocenters. The van der Waals surface area contributed by atoms with E-state index in [-0.39, 0.29) is 5.69 Å². The van der Waals surface area contributed by atoms with Gasteiger partial charge >= 0.3 is 0 Å². The molecule has 1 aromatic carbocycles. The lowest BCUT2D eigenvalue weighted by molar-refractivity contribution is -0.386. The summed E-state index contributed by atoms with van der Waals surface area (Å²) in [4.78, 5) is 0. The molecular weight excluding hydrogens is 207 g/mol. The SMILES string of the molecule is CS(=O)(=O)Nc1ccc(C[NH3+])cc1F. The van der Waals surface area contributed by atoms with Crippen molar-refractivity contribution in [2.45, 2.75) is 6.54 Å². The third kappa shape index (κ3) is 2.97. The molecule has 0 fully saturated rings. The molecule has 0 aliphatic heterocycles. The van der Waals surface area contributed by atoms with Crippen LogP contribution in [0.15, 0.2) is 18.2 Å². The Morgan fingerprint density at radius 3 is 2.57 bits per heavy atom. The van der Waals surface area contributed by atoms with Crippen LogP contribution in [0.4, 0.5) is 10.1 Å². The fourth-order valence-corrected chi connectivity index (χ4v) is 1.56. The average Bonchev–Trinajstić information content (AvgIpc) is 2.06. The van der Waals surface area contributed by atoms with Crippen LogP contribution in [0.25, 0.3) is 0 Å². The molecule has 0 aliphatic rings. The Labute approximate surface area is 82.0 Å². The van der Waals surface area contributed by atoms with E-state index in [9.17, 15) is 12.8 Å². The van der Waals surface area contributed by atoms with Gasteiger partial charge in [0, 0.05) is 5.56 Å². The molecule has 0 bridgehead atoms. The van der Waals surface area contributed by atoms with Crippen molar-refractivity contribution in [3.8, 4) is 0 Å². The van der Waals surface area contributed by atoms with Gasteiger partial charge in [0.2, 0.25) is 10.0 Å². The molecule has 4 N–H and O–H groups in total. The van der Waals surface area contributed by atoms with Crippen molar-refractivity contribution in [2.24, 2.45) is 0 Å². The van der Waals surface area contributed by atoms with E-state index in [1.807, 2.05) is 0 Å². The Balaban J connectivity index is 3.01. The minimum absolute atomic E-state index is 0.0373. The maximum atomic E-state index is 13.2. The maximum Gasteiger partial charge on any atom is 0.229 e. The number of halogens is 1. The monoisotopic (exact) mass is 219 g/mol. The summed E-state index contributed by atoms with van der Waals surface area (Å²) in [7, 11) is -3.42. The number of hydrogen-bond acceptors (Lipinski definition) is 2. The van der Waals surface area contributed by atoms with Gasteiger partial charge in [0.1, 0.15) is 5.82 Å². The van der Waals surface area contributed by atoms with Gasteiger partial charge in [-0.15, -0.1) is 0 Å². The second-order valence-corrected chi connectivity index (χ2v) is 4.69. The minimum atomic E-state index is -3.42. The first-order chi connectivity index (χ1) is 6.42. The Morgan fingerprint density at radius 2 is 2.14 bits per heavy atom. The zero-order chi connectivity index (χ0) is 10.8. The Bertz CT molecular complexity index is 431. The molecule has 0 heterocycles. The number of benzene rings is 1. The van der Waals surface area contributed by atoms with Gasteiger partial charge in [0.15, 0.2) is 0 Å². The molecule has 0 saturated heterocycles. The minimum Gasteiger partial charge on any atom is -0.354 e. The summed E-state index contributed by atoms with van der Waals surface area (Å²) < 4.78 is 36.9. The highest BCUT2D eigenvalue weighted by atomic mass is 32.2. The van der Waals surface area contributed by atoms with Crippen LogP contribution in [0, 0.1) is 5.82 Å². The summed E-state index contributed by atoms with van der Waals surface area (Å²) in [5.74, 6) is -0.587.